The number of benzene rings is 2. The second-order valence-corrected chi connectivity index (χ2v) is 7.09. The Balaban J connectivity index is 1.53. The Bertz CT molecular complexity index is 972. The molecule has 1 unspecified atom stereocenters. The first-order chi connectivity index (χ1) is 12.6. The minimum Gasteiger partial charge on any atom is -0.497 e. The maximum Gasteiger partial charge on any atom is 0.251 e. The van der Waals surface area contributed by atoms with Crippen molar-refractivity contribution in [2.75, 3.05) is 13.7 Å². The summed E-state index contributed by atoms with van der Waals surface area (Å²) in [5, 5.41) is 14.0. The van der Waals surface area contributed by atoms with Gasteiger partial charge in [0.1, 0.15) is 22.4 Å². The maximum atomic E-state index is 12.5. The molecule has 1 aliphatic rings. The maximum absolute atomic E-state index is 12.5. The first kappa shape index (κ1) is 16.9. The number of carbonyl (C=O) groups is 1. The molecule has 0 spiro atoms. The average Bonchev–Trinajstić information content (AvgIpc) is 3.14. The van der Waals surface area contributed by atoms with Crippen molar-refractivity contribution in [3.8, 4) is 5.75 Å². The number of rotatable bonds is 4. The number of hydrogen-bond acceptors (Lipinski definition) is 6. The molecule has 1 heterocycles. The van der Waals surface area contributed by atoms with Gasteiger partial charge in [-0.1, -0.05) is 6.07 Å². The summed E-state index contributed by atoms with van der Waals surface area (Å²) in [6, 6.07) is 10.9. The second kappa shape index (κ2) is 6.66. The van der Waals surface area contributed by atoms with Crippen molar-refractivity contribution >= 4 is 28.7 Å². The number of nitrogens with one attached hydrogen (secondary N) is 1. The predicted octanol–water partition coefficient (Wildman–Crippen LogP) is 2.65. The molecule has 0 saturated carbocycles. The molecule has 2 N–H and O–H groups in total. The molecule has 0 bridgehead atoms. The van der Waals surface area contributed by atoms with E-state index in [4.69, 9.17) is 4.74 Å². The van der Waals surface area contributed by atoms with Gasteiger partial charge in [0.2, 0.25) is 0 Å². The van der Waals surface area contributed by atoms with Gasteiger partial charge in [0.05, 0.1) is 25.4 Å². The Morgan fingerprint density at radius 3 is 2.96 bits per heavy atom. The molecule has 7 heteroatoms. The molecule has 1 aliphatic carbocycles. The lowest BCUT2D eigenvalue weighted by Crippen LogP contribution is -2.43. The molecular weight excluding hydrogens is 350 g/mol. The van der Waals surface area contributed by atoms with E-state index in [1.54, 1.807) is 25.3 Å². The van der Waals surface area contributed by atoms with Crippen LogP contribution in [0.25, 0.3) is 11.0 Å². The number of methoxy groups -OCH3 is 1. The Morgan fingerprint density at radius 2 is 2.12 bits per heavy atom. The van der Waals surface area contributed by atoms with Crippen LogP contribution in [0, 0.1) is 0 Å². The normalized spacial score (nSPS) is 19.2. The average molecular weight is 369 g/mol. The van der Waals surface area contributed by atoms with Crippen LogP contribution >= 0.6 is 11.7 Å². The van der Waals surface area contributed by atoms with Crippen LogP contribution in [0.3, 0.4) is 0 Å². The van der Waals surface area contributed by atoms with Crippen molar-refractivity contribution in [2.24, 2.45) is 0 Å². The molecule has 4 rings (SSSR count). The van der Waals surface area contributed by atoms with Crippen LogP contribution in [-0.2, 0) is 12.0 Å². The largest absolute Gasteiger partial charge is 0.497 e. The molecule has 26 heavy (non-hydrogen) atoms. The Hall–Kier alpha value is -2.51. The quantitative estimate of drug-likeness (QED) is 0.739. The Kier molecular flexibility index (Phi) is 4.34. The van der Waals surface area contributed by atoms with Crippen molar-refractivity contribution in [2.45, 2.75) is 24.9 Å². The molecule has 1 atom stereocenters. The number of aryl methyl sites for hydroxylation is 1. The molecule has 1 amide bonds. The van der Waals surface area contributed by atoms with E-state index >= 15 is 0 Å². The summed E-state index contributed by atoms with van der Waals surface area (Å²) in [6.07, 6.45) is 2.38. The number of ether oxygens (including phenoxy) is 1. The first-order valence-electron chi connectivity index (χ1n) is 8.49. The molecule has 0 radical (unpaired) electrons. The van der Waals surface area contributed by atoms with Crippen molar-refractivity contribution in [3.63, 3.8) is 0 Å². The third-order valence-electron chi connectivity index (χ3n) is 4.91. The van der Waals surface area contributed by atoms with Crippen molar-refractivity contribution in [3.05, 3.63) is 53.1 Å². The van der Waals surface area contributed by atoms with Gasteiger partial charge in [-0.3, -0.25) is 4.79 Å². The van der Waals surface area contributed by atoms with Crippen LogP contribution in [0.4, 0.5) is 0 Å². The van der Waals surface area contributed by atoms with Crippen molar-refractivity contribution < 1.29 is 14.6 Å². The van der Waals surface area contributed by atoms with E-state index in [0.717, 1.165) is 47.0 Å². The number of carbonyl (C=O) groups excluding carboxylic acids is 1. The van der Waals surface area contributed by atoms with Gasteiger partial charge in [-0.15, -0.1) is 0 Å². The van der Waals surface area contributed by atoms with E-state index < -0.39 is 5.60 Å². The van der Waals surface area contributed by atoms with E-state index in [-0.39, 0.29) is 12.5 Å². The number of aromatic nitrogens is 2. The molecule has 3 aromatic rings. The lowest BCUT2D eigenvalue weighted by atomic mass is 9.79. The highest BCUT2D eigenvalue weighted by Crippen LogP contribution is 2.36. The van der Waals surface area contributed by atoms with E-state index in [1.807, 2.05) is 18.2 Å². The number of amides is 1. The lowest BCUT2D eigenvalue weighted by Gasteiger charge is -2.35. The first-order valence-corrected chi connectivity index (χ1v) is 9.22. The summed E-state index contributed by atoms with van der Waals surface area (Å²) < 4.78 is 13.6. The van der Waals surface area contributed by atoms with Gasteiger partial charge in [-0.05, 0) is 60.7 Å². The highest BCUT2D eigenvalue weighted by molar-refractivity contribution is 7.00. The van der Waals surface area contributed by atoms with E-state index in [0.29, 0.717) is 17.5 Å². The zero-order chi connectivity index (χ0) is 18.1. The minimum absolute atomic E-state index is 0.165. The fourth-order valence-electron chi connectivity index (χ4n) is 3.50. The zero-order valence-corrected chi connectivity index (χ0v) is 15.2. The summed E-state index contributed by atoms with van der Waals surface area (Å²) >= 11 is 1.12. The third-order valence-corrected chi connectivity index (χ3v) is 5.46. The summed E-state index contributed by atoms with van der Waals surface area (Å²) in [4.78, 5) is 12.5. The van der Waals surface area contributed by atoms with Gasteiger partial charge in [-0.2, -0.15) is 8.75 Å². The smallest absolute Gasteiger partial charge is 0.251 e. The fourth-order valence-corrected chi connectivity index (χ4v) is 4.02. The van der Waals surface area contributed by atoms with Crippen LogP contribution < -0.4 is 10.1 Å². The number of hydrogen-bond donors (Lipinski definition) is 2. The van der Waals surface area contributed by atoms with E-state index in [2.05, 4.69) is 14.1 Å². The number of aliphatic hydroxyl groups is 1. The molecular formula is C19H19N3O3S. The van der Waals surface area contributed by atoms with E-state index in [9.17, 15) is 9.90 Å². The standard InChI is InChI=1S/C19H19N3O3S/c1-25-14-5-6-15-12(9-14)3-2-8-19(15,24)11-20-18(23)13-4-7-16-17(10-13)22-26-21-16/h4-7,9-10,24H,2-3,8,11H2,1H3,(H,20,23). The van der Waals surface area contributed by atoms with Crippen LogP contribution in [0.15, 0.2) is 36.4 Å². The van der Waals surface area contributed by atoms with Gasteiger partial charge in [0.15, 0.2) is 0 Å². The highest BCUT2D eigenvalue weighted by Gasteiger charge is 2.35. The minimum atomic E-state index is -1.07. The molecule has 2 aromatic carbocycles. The summed E-state index contributed by atoms with van der Waals surface area (Å²) in [6.45, 7) is 0.165. The topological polar surface area (TPSA) is 84.3 Å². The third kappa shape index (κ3) is 3.04. The monoisotopic (exact) mass is 369 g/mol. The van der Waals surface area contributed by atoms with Crippen LogP contribution in [0.2, 0.25) is 0 Å². The fraction of sp³-hybridized carbons (Fsp3) is 0.316. The van der Waals surface area contributed by atoms with E-state index in [1.165, 1.54) is 0 Å². The summed E-state index contributed by atoms with van der Waals surface area (Å²) in [7, 11) is 1.63. The van der Waals surface area contributed by atoms with Gasteiger partial charge < -0.3 is 15.2 Å². The molecule has 1 aromatic heterocycles. The van der Waals surface area contributed by atoms with Crippen LogP contribution in [0.1, 0.15) is 34.3 Å². The predicted molar refractivity (Wildman–Crippen MR) is 99.6 cm³/mol. The van der Waals surface area contributed by atoms with Gasteiger partial charge >= 0.3 is 0 Å². The zero-order valence-electron chi connectivity index (χ0n) is 14.4. The molecule has 134 valence electrons. The SMILES string of the molecule is COc1ccc2c(c1)CCCC2(O)CNC(=O)c1ccc2nsnc2c1. The summed E-state index contributed by atoms with van der Waals surface area (Å²) in [5.41, 5.74) is 2.87. The van der Waals surface area contributed by atoms with Gasteiger partial charge in [0.25, 0.3) is 5.91 Å². The van der Waals surface area contributed by atoms with Crippen molar-refractivity contribution in [1.29, 1.82) is 0 Å². The number of nitrogens with zero attached hydrogens (tertiary/aromatic N) is 2. The summed E-state index contributed by atoms with van der Waals surface area (Å²) in [5.74, 6) is 0.552. The van der Waals surface area contributed by atoms with Crippen molar-refractivity contribution in [1.82, 2.24) is 14.1 Å². The number of fused-ring (bicyclic) bond motifs is 2. The molecule has 0 fully saturated rings. The lowest BCUT2D eigenvalue weighted by molar-refractivity contribution is 0.0189. The van der Waals surface area contributed by atoms with Gasteiger partial charge in [0, 0.05) is 5.56 Å². The molecule has 0 aliphatic heterocycles. The van der Waals surface area contributed by atoms with Crippen LogP contribution in [0.5, 0.6) is 5.75 Å². The van der Waals surface area contributed by atoms with Crippen LogP contribution in [-0.4, -0.2) is 33.4 Å². The highest BCUT2D eigenvalue weighted by atomic mass is 32.1. The second-order valence-electron chi connectivity index (χ2n) is 6.56. The Labute approximate surface area is 155 Å². The molecule has 0 saturated heterocycles. The van der Waals surface area contributed by atoms with Gasteiger partial charge in [-0.25, -0.2) is 0 Å². The Morgan fingerprint density at radius 1 is 1.27 bits per heavy atom. The molecule has 6 nitrogen and oxygen atoms in total.